The largest absolute Gasteiger partial charge is 0.463 e. The summed E-state index contributed by atoms with van der Waals surface area (Å²) in [4.78, 5) is 0. The topological polar surface area (TPSA) is 31.6 Å². The van der Waals surface area contributed by atoms with Crippen LogP contribution in [0.2, 0.25) is 0 Å². The quantitative estimate of drug-likeness (QED) is 0.806. The fraction of sp³-hybridized carbons (Fsp3) is 0.714. The summed E-state index contributed by atoms with van der Waals surface area (Å²) in [7, 11) is 0. The number of furan rings is 1. The van der Waals surface area contributed by atoms with E-state index in [2.05, 4.69) is 20.8 Å². The van der Waals surface area contributed by atoms with Crippen molar-refractivity contribution in [2.75, 3.05) is 6.61 Å². The fourth-order valence-electron chi connectivity index (χ4n) is 1.88. The second kappa shape index (κ2) is 5.23. The van der Waals surface area contributed by atoms with Gasteiger partial charge in [0.15, 0.2) is 6.29 Å². The van der Waals surface area contributed by atoms with Crippen LogP contribution in [0.3, 0.4) is 0 Å². The van der Waals surface area contributed by atoms with Crippen molar-refractivity contribution in [3.63, 3.8) is 0 Å². The molecule has 1 aliphatic rings. The lowest BCUT2D eigenvalue weighted by atomic mass is 9.94. The maximum absolute atomic E-state index is 5.76. The predicted molar refractivity (Wildman–Crippen MR) is 65.8 cm³/mol. The van der Waals surface area contributed by atoms with Crippen LogP contribution in [0.4, 0.5) is 0 Å². The van der Waals surface area contributed by atoms with Crippen LogP contribution in [0.5, 0.6) is 0 Å². The van der Waals surface area contributed by atoms with Crippen LogP contribution in [-0.2, 0) is 21.5 Å². The van der Waals surface area contributed by atoms with E-state index in [1.54, 1.807) is 0 Å². The van der Waals surface area contributed by atoms with Crippen molar-refractivity contribution in [2.45, 2.75) is 58.3 Å². The van der Waals surface area contributed by atoms with E-state index >= 15 is 0 Å². The maximum atomic E-state index is 5.76. The molecule has 0 radical (unpaired) electrons. The standard InChI is InChI=1S/C14H22O3/c1-14(2,3)12-8-7-11(17-12)10-16-13-6-4-5-9-15-13/h7-8,13H,4-6,9-10H2,1-3H3. The lowest BCUT2D eigenvalue weighted by Crippen LogP contribution is -2.21. The molecule has 3 nitrogen and oxygen atoms in total. The zero-order chi connectivity index (χ0) is 12.3. The molecule has 0 spiro atoms. The minimum atomic E-state index is -0.0491. The third kappa shape index (κ3) is 3.58. The van der Waals surface area contributed by atoms with Gasteiger partial charge in [-0.3, -0.25) is 0 Å². The molecule has 1 aliphatic heterocycles. The van der Waals surface area contributed by atoms with E-state index in [0.717, 1.165) is 31.0 Å². The molecular weight excluding hydrogens is 216 g/mol. The Kier molecular flexibility index (Phi) is 3.89. The Balaban J connectivity index is 1.84. The normalized spacial score (nSPS) is 21.7. The van der Waals surface area contributed by atoms with E-state index in [4.69, 9.17) is 13.9 Å². The average molecular weight is 238 g/mol. The summed E-state index contributed by atoms with van der Waals surface area (Å²) in [5, 5.41) is 0. The Morgan fingerprint density at radius 1 is 1.29 bits per heavy atom. The first-order chi connectivity index (χ1) is 8.05. The Hall–Kier alpha value is -0.800. The van der Waals surface area contributed by atoms with Crippen LogP contribution >= 0.6 is 0 Å². The van der Waals surface area contributed by atoms with Crippen molar-refractivity contribution in [3.05, 3.63) is 23.7 Å². The highest BCUT2D eigenvalue weighted by molar-refractivity contribution is 5.13. The predicted octanol–water partition coefficient (Wildman–Crippen LogP) is 3.62. The molecule has 1 unspecified atom stereocenters. The lowest BCUT2D eigenvalue weighted by molar-refractivity contribution is -0.171. The van der Waals surface area contributed by atoms with Crippen molar-refractivity contribution in [2.24, 2.45) is 0 Å². The van der Waals surface area contributed by atoms with Gasteiger partial charge in [0.2, 0.25) is 0 Å². The van der Waals surface area contributed by atoms with Gasteiger partial charge in [-0.05, 0) is 31.4 Å². The monoisotopic (exact) mass is 238 g/mol. The minimum absolute atomic E-state index is 0.0491. The van der Waals surface area contributed by atoms with Gasteiger partial charge in [0.05, 0.1) is 0 Å². The SMILES string of the molecule is CC(C)(C)c1ccc(COC2CCCCO2)o1. The number of rotatable bonds is 3. The lowest BCUT2D eigenvalue weighted by Gasteiger charge is -2.22. The average Bonchev–Trinajstić information content (AvgIpc) is 2.76. The number of ether oxygens (including phenoxy) is 2. The molecule has 96 valence electrons. The zero-order valence-corrected chi connectivity index (χ0v) is 11.0. The molecule has 17 heavy (non-hydrogen) atoms. The molecule has 1 atom stereocenters. The van der Waals surface area contributed by atoms with Crippen molar-refractivity contribution in [1.82, 2.24) is 0 Å². The first kappa shape index (κ1) is 12.7. The summed E-state index contributed by atoms with van der Waals surface area (Å²) < 4.78 is 16.9. The highest BCUT2D eigenvalue weighted by atomic mass is 16.7. The highest BCUT2D eigenvalue weighted by Crippen LogP contribution is 2.25. The molecule has 0 bridgehead atoms. The molecule has 0 amide bonds. The summed E-state index contributed by atoms with van der Waals surface area (Å²) in [6, 6.07) is 4.02. The van der Waals surface area contributed by atoms with Crippen LogP contribution in [0.1, 0.15) is 51.6 Å². The second-order valence-corrected chi connectivity index (χ2v) is 5.62. The fourth-order valence-corrected chi connectivity index (χ4v) is 1.88. The Labute approximate surface area is 103 Å². The molecule has 1 aromatic rings. The first-order valence-corrected chi connectivity index (χ1v) is 6.38. The molecule has 0 aliphatic carbocycles. The molecular formula is C14H22O3. The van der Waals surface area contributed by atoms with E-state index in [0.29, 0.717) is 6.61 Å². The van der Waals surface area contributed by atoms with Crippen molar-refractivity contribution < 1.29 is 13.9 Å². The van der Waals surface area contributed by atoms with E-state index in [1.807, 2.05) is 12.1 Å². The third-order valence-corrected chi connectivity index (χ3v) is 2.95. The molecule has 2 heterocycles. The zero-order valence-electron chi connectivity index (χ0n) is 11.0. The van der Waals surface area contributed by atoms with Gasteiger partial charge in [0.1, 0.15) is 18.1 Å². The molecule has 0 N–H and O–H groups in total. The van der Waals surface area contributed by atoms with Gasteiger partial charge in [0.25, 0.3) is 0 Å². The van der Waals surface area contributed by atoms with Gasteiger partial charge in [0, 0.05) is 12.0 Å². The van der Waals surface area contributed by atoms with Crippen LogP contribution in [0.15, 0.2) is 16.5 Å². The van der Waals surface area contributed by atoms with Gasteiger partial charge >= 0.3 is 0 Å². The maximum Gasteiger partial charge on any atom is 0.158 e. The van der Waals surface area contributed by atoms with Crippen LogP contribution in [0, 0.1) is 0 Å². The summed E-state index contributed by atoms with van der Waals surface area (Å²) in [6.45, 7) is 7.74. The molecule has 2 rings (SSSR count). The van der Waals surface area contributed by atoms with E-state index < -0.39 is 0 Å². The highest BCUT2D eigenvalue weighted by Gasteiger charge is 2.19. The summed E-state index contributed by atoms with van der Waals surface area (Å²) >= 11 is 0. The molecule has 0 aromatic carbocycles. The van der Waals surface area contributed by atoms with E-state index in [9.17, 15) is 0 Å². The second-order valence-electron chi connectivity index (χ2n) is 5.62. The van der Waals surface area contributed by atoms with E-state index in [-0.39, 0.29) is 11.7 Å². The van der Waals surface area contributed by atoms with Crippen LogP contribution < -0.4 is 0 Å². The summed E-state index contributed by atoms with van der Waals surface area (Å²) in [5.74, 6) is 1.88. The number of hydrogen-bond acceptors (Lipinski definition) is 3. The Bertz CT molecular complexity index is 343. The Morgan fingerprint density at radius 2 is 2.12 bits per heavy atom. The third-order valence-electron chi connectivity index (χ3n) is 2.95. The summed E-state index contributed by atoms with van der Waals surface area (Å²) in [6.07, 6.45) is 3.28. The molecule has 3 heteroatoms. The smallest absolute Gasteiger partial charge is 0.158 e. The van der Waals surface area contributed by atoms with Gasteiger partial charge in [-0.15, -0.1) is 0 Å². The minimum Gasteiger partial charge on any atom is -0.463 e. The molecule has 0 saturated carbocycles. The summed E-state index contributed by atoms with van der Waals surface area (Å²) in [5.41, 5.74) is 0.0551. The first-order valence-electron chi connectivity index (χ1n) is 6.38. The molecule has 1 saturated heterocycles. The van der Waals surface area contributed by atoms with Crippen molar-refractivity contribution in [1.29, 1.82) is 0 Å². The van der Waals surface area contributed by atoms with Crippen molar-refractivity contribution >= 4 is 0 Å². The van der Waals surface area contributed by atoms with Gasteiger partial charge < -0.3 is 13.9 Å². The molecule has 1 aromatic heterocycles. The number of hydrogen-bond donors (Lipinski definition) is 0. The van der Waals surface area contributed by atoms with Gasteiger partial charge in [-0.1, -0.05) is 20.8 Å². The van der Waals surface area contributed by atoms with Crippen molar-refractivity contribution in [3.8, 4) is 0 Å². The van der Waals surface area contributed by atoms with Crippen LogP contribution in [0.25, 0.3) is 0 Å². The van der Waals surface area contributed by atoms with Crippen LogP contribution in [-0.4, -0.2) is 12.9 Å². The molecule has 1 fully saturated rings. The van der Waals surface area contributed by atoms with Gasteiger partial charge in [-0.2, -0.15) is 0 Å². The van der Waals surface area contributed by atoms with Gasteiger partial charge in [-0.25, -0.2) is 0 Å². The van der Waals surface area contributed by atoms with E-state index in [1.165, 1.54) is 6.42 Å². The Morgan fingerprint density at radius 3 is 2.71 bits per heavy atom.